The molecule has 130 valence electrons. The molecule has 0 aliphatic carbocycles. The van der Waals surface area contributed by atoms with Crippen molar-refractivity contribution in [2.45, 2.75) is 52.1 Å². The van der Waals surface area contributed by atoms with Gasteiger partial charge in [-0.05, 0) is 57.4 Å². The van der Waals surface area contributed by atoms with Crippen LogP contribution in [0.4, 0.5) is 5.69 Å². The van der Waals surface area contributed by atoms with Crippen LogP contribution in [0, 0.1) is 0 Å². The molecule has 1 aromatic carbocycles. The molecule has 1 aliphatic rings. The topological polar surface area (TPSA) is 75.7 Å². The number of nitrogens with one attached hydrogen (secondary N) is 1. The average Bonchev–Trinajstić information content (AvgIpc) is 2.52. The first kappa shape index (κ1) is 18.0. The van der Waals surface area contributed by atoms with Gasteiger partial charge in [0, 0.05) is 24.7 Å². The highest BCUT2D eigenvalue weighted by Crippen LogP contribution is 2.22. The van der Waals surface area contributed by atoms with E-state index < -0.39 is 5.97 Å². The van der Waals surface area contributed by atoms with Crippen molar-refractivity contribution in [1.29, 1.82) is 0 Å². The Kier molecular flexibility index (Phi) is 5.95. The number of ether oxygens (including phenoxy) is 1. The van der Waals surface area contributed by atoms with Crippen LogP contribution in [0.2, 0.25) is 0 Å². The summed E-state index contributed by atoms with van der Waals surface area (Å²) >= 11 is 0. The van der Waals surface area contributed by atoms with Gasteiger partial charge in [-0.3, -0.25) is 9.59 Å². The Morgan fingerprint density at radius 1 is 1.12 bits per heavy atom. The molecule has 0 radical (unpaired) electrons. The molecule has 6 nitrogen and oxygen atoms in total. The number of likely N-dealkylation sites (tertiary alicyclic amines) is 1. The predicted octanol–water partition coefficient (Wildman–Crippen LogP) is 2.59. The molecule has 1 saturated heterocycles. The van der Waals surface area contributed by atoms with Crippen LogP contribution in [0.15, 0.2) is 24.3 Å². The summed E-state index contributed by atoms with van der Waals surface area (Å²) in [6, 6.07) is 6.71. The predicted molar refractivity (Wildman–Crippen MR) is 90.6 cm³/mol. The molecule has 0 unspecified atom stereocenters. The smallest absolute Gasteiger partial charge is 0.338 e. The highest BCUT2D eigenvalue weighted by molar-refractivity contribution is 5.93. The van der Waals surface area contributed by atoms with E-state index in [4.69, 9.17) is 4.74 Å². The third kappa shape index (κ3) is 4.57. The zero-order valence-electron chi connectivity index (χ0n) is 14.4. The number of benzene rings is 1. The number of rotatable bonds is 4. The Labute approximate surface area is 142 Å². The number of hydrogen-bond donors (Lipinski definition) is 1. The molecule has 0 bridgehead atoms. The summed E-state index contributed by atoms with van der Waals surface area (Å²) < 4.78 is 5.14. The van der Waals surface area contributed by atoms with Gasteiger partial charge in [-0.25, -0.2) is 4.79 Å². The molecule has 2 amide bonds. The van der Waals surface area contributed by atoms with Gasteiger partial charge in [0.05, 0.1) is 5.56 Å². The molecule has 1 aromatic rings. The van der Waals surface area contributed by atoms with E-state index >= 15 is 0 Å². The summed E-state index contributed by atoms with van der Waals surface area (Å²) in [4.78, 5) is 37.2. The Bertz CT molecular complexity index is 602. The maximum atomic E-state index is 12.3. The SMILES string of the molecule is CC(=O)Nc1ccc(C(=O)OCC(=O)N2[C@H](C)CCC[C@@H]2C)cc1. The number of carbonyl (C=O) groups is 3. The molecule has 0 spiro atoms. The summed E-state index contributed by atoms with van der Waals surface area (Å²) in [5.74, 6) is -0.881. The molecule has 1 aliphatic heterocycles. The standard InChI is InChI=1S/C18H24N2O4/c1-12-5-4-6-13(2)20(12)17(22)11-24-18(23)15-7-9-16(10-8-15)19-14(3)21/h7-10,12-13H,4-6,11H2,1-3H3,(H,19,21)/t12-,13+. The Morgan fingerprint density at radius 3 is 2.25 bits per heavy atom. The summed E-state index contributed by atoms with van der Waals surface area (Å²) in [7, 11) is 0. The van der Waals surface area contributed by atoms with E-state index in [1.807, 2.05) is 18.7 Å². The minimum Gasteiger partial charge on any atom is -0.452 e. The second-order valence-electron chi connectivity index (χ2n) is 6.26. The van der Waals surface area contributed by atoms with Crippen LogP contribution in [0.3, 0.4) is 0 Å². The van der Waals surface area contributed by atoms with Gasteiger partial charge >= 0.3 is 5.97 Å². The number of nitrogens with zero attached hydrogens (tertiary/aromatic N) is 1. The molecule has 0 saturated carbocycles. The third-order valence-corrected chi connectivity index (χ3v) is 4.25. The molecular formula is C18H24N2O4. The molecule has 1 fully saturated rings. The maximum Gasteiger partial charge on any atom is 0.338 e. The van der Waals surface area contributed by atoms with E-state index in [9.17, 15) is 14.4 Å². The fourth-order valence-electron chi connectivity index (χ4n) is 3.09. The number of amides is 2. The maximum absolute atomic E-state index is 12.3. The molecule has 2 atom stereocenters. The van der Waals surface area contributed by atoms with Gasteiger partial charge in [0.25, 0.3) is 5.91 Å². The Morgan fingerprint density at radius 2 is 1.71 bits per heavy atom. The summed E-state index contributed by atoms with van der Waals surface area (Å²) in [5, 5.41) is 2.62. The van der Waals surface area contributed by atoms with Crippen molar-refractivity contribution in [3.05, 3.63) is 29.8 Å². The van der Waals surface area contributed by atoms with E-state index in [1.54, 1.807) is 24.3 Å². The highest BCUT2D eigenvalue weighted by Gasteiger charge is 2.29. The van der Waals surface area contributed by atoms with Gasteiger partial charge < -0.3 is 15.0 Å². The average molecular weight is 332 g/mol. The molecule has 0 aromatic heterocycles. The lowest BCUT2D eigenvalue weighted by Crippen LogP contribution is -2.49. The first-order valence-corrected chi connectivity index (χ1v) is 8.24. The van der Waals surface area contributed by atoms with Gasteiger partial charge in [-0.1, -0.05) is 0 Å². The van der Waals surface area contributed by atoms with Crippen molar-refractivity contribution in [1.82, 2.24) is 4.90 Å². The van der Waals surface area contributed by atoms with Crippen molar-refractivity contribution in [3.8, 4) is 0 Å². The second-order valence-corrected chi connectivity index (χ2v) is 6.26. The van der Waals surface area contributed by atoms with Gasteiger partial charge in [0.1, 0.15) is 0 Å². The van der Waals surface area contributed by atoms with Gasteiger partial charge in [0.15, 0.2) is 6.61 Å². The van der Waals surface area contributed by atoms with Crippen molar-refractivity contribution < 1.29 is 19.1 Å². The van der Waals surface area contributed by atoms with E-state index in [2.05, 4.69) is 5.32 Å². The lowest BCUT2D eigenvalue weighted by Gasteiger charge is -2.38. The van der Waals surface area contributed by atoms with Crippen LogP contribution in [0.5, 0.6) is 0 Å². The second kappa shape index (κ2) is 7.95. The number of esters is 1. The minimum atomic E-state index is -0.546. The molecular weight excluding hydrogens is 308 g/mol. The summed E-state index contributed by atoms with van der Waals surface area (Å²) in [5.41, 5.74) is 0.947. The first-order valence-electron chi connectivity index (χ1n) is 8.24. The van der Waals surface area contributed by atoms with Gasteiger partial charge in [-0.15, -0.1) is 0 Å². The third-order valence-electron chi connectivity index (χ3n) is 4.25. The van der Waals surface area contributed by atoms with Crippen molar-refractivity contribution in [2.75, 3.05) is 11.9 Å². The fourth-order valence-corrected chi connectivity index (χ4v) is 3.09. The van der Waals surface area contributed by atoms with Gasteiger partial charge in [-0.2, -0.15) is 0 Å². The van der Waals surface area contributed by atoms with Crippen molar-refractivity contribution >= 4 is 23.5 Å². The summed E-state index contributed by atoms with van der Waals surface area (Å²) in [6.45, 7) is 5.21. The monoisotopic (exact) mass is 332 g/mol. The van der Waals surface area contributed by atoms with Crippen molar-refractivity contribution in [3.63, 3.8) is 0 Å². The number of hydrogen-bond acceptors (Lipinski definition) is 4. The lowest BCUT2D eigenvalue weighted by atomic mass is 9.97. The molecule has 6 heteroatoms. The van der Waals surface area contributed by atoms with E-state index in [-0.39, 0.29) is 30.5 Å². The lowest BCUT2D eigenvalue weighted by molar-refractivity contribution is -0.140. The summed E-state index contributed by atoms with van der Waals surface area (Å²) in [6.07, 6.45) is 3.08. The Balaban J connectivity index is 1.90. The van der Waals surface area contributed by atoms with E-state index in [0.29, 0.717) is 11.3 Å². The van der Waals surface area contributed by atoms with E-state index in [0.717, 1.165) is 19.3 Å². The van der Waals surface area contributed by atoms with Crippen LogP contribution < -0.4 is 5.32 Å². The first-order chi connectivity index (χ1) is 11.4. The van der Waals surface area contributed by atoms with Crippen LogP contribution in [-0.2, 0) is 14.3 Å². The Hall–Kier alpha value is -2.37. The molecule has 24 heavy (non-hydrogen) atoms. The van der Waals surface area contributed by atoms with Crippen LogP contribution in [-0.4, -0.2) is 41.4 Å². The fraction of sp³-hybridized carbons (Fsp3) is 0.500. The van der Waals surface area contributed by atoms with Crippen LogP contribution in [0.25, 0.3) is 0 Å². The largest absolute Gasteiger partial charge is 0.452 e. The normalized spacial score (nSPS) is 20.4. The van der Waals surface area contributed by atoms with Crippen molar-refractivity contribution in [2.24, 2.45) is 0 Å². The minimum absolute atomic E-state index is 0.155. The molecule has 1 heterocycles. The number of anilines is 1. The molecule has 1 N–H and O–H groups in total. The van der Waals surface area contributed by atoms with Crippen LogP contribution in [0.1, 0.15) is 50.4 Å². The quantitative estimate of drug-likeness (QED) is 0.860. The van der Waals surface area contributed by atoms with Gasteiger partial charge in [0.2, 0.25) is 5.91 Å². The number of carbonyl (C=O) groups excluding carboxylic acids is 3. The van der Waals surface area contributed by atoms with Crippen LogP contribution >= 0.6 is 0 Å². The molecule has 2 rings (SSSR count). The highest BCUT2D eigenvalue weighted by atomic mass is 16.5. The number of piperidine rings is 1. The van der Waals surface area contributed by atoms with E-state index in [1.165, 1.54) is 6.92 Å². The zero-order valence-corrected chi connectivity index (χ0v) is 14.4. The zero-order chi connectivity index (χ0) is 17.7.